The Morgan fingerprint density at radius 2 is 1.60 bits per heavy atom. The molecular formula is C15H15FO3S. The first kappa shape index (κ1) is 14.7. The first-order valence-electron chi connectivity index (χ1n) is 6.07. The summed E-state index contributed by atoms with van der Waals surface area (Å²) < 4.78 is 37.6. The summed E-state index contributed by atoms with van der Waals surface area (Å²) >= 11 is 0. The van der Waals surface area contributed by atoms with Crippen molar-refractivity contribution < 1.29 is 17.9 Å². The molecule has 0 aliphatic heterocycles. The molecular weight excluding hydrogens is 279 g/mol. The zero-order chi connectivity index (χ0) is 14.8. The number of hydrogen-bond acceptors (Lipinski definition) is 3. The van der Waals surface area contributed by atoms with Crippen LogP contribution in [-0.4, -0.2) is 13.5 Å². The molecule has 5 heteroatoms. The molecule has 20 heavy (non-hydrogen) atoms. The monoisotopic (exact) mass is 294 g/mol. The van der Waals surface area contributed by atoms with Crippen molar-refractivity contribution in [3.8, 4) is 0 Å². The Balaban J connectivity index is 2.34. The lowest BCUT2D eigenvalue weighted by atomic mass is 10.1. The van der Waals surface area contributed by atoms with Crippen molar-refractivity contribution in [2.75, 3.05) is 0 Å². The van der Waals surface area contributed by atoms with Crippen LogP contribution in [0.15, 0.2) is 54.6 Å². The fourth-order valence-electron chi connectivity index (χ4n) is 1.87. The molecule has 3 nitrogen and oxygen atoms in total. The molecule has 0 radical (unpaired) electrons. The van der Waals surface area contributed by atoms with Gasteiger partial charge in [-0.3, -0.25) is 0 Å². The third-order valence-electron chi connectivity index (χ3n) is 3.18. The van der Waals surface area contributed by atoms with Crippen molar-refractivity contribution in [1.82, 2.24) is 0 Å². The highest BCUT2D eigenvalue weighted by atomic mass is 32.2. The van der Waals surface area contributed by atoms with E-state index < -0.39 is 20.6 Å². The summed E-state index contributed by atoms with van der Waals surface area (Å²) in [6.07, 6.45) is 0. The van der Waals surface area contributed by atoms with Crippen LogP contribution < -0.4 is 0 Å². The van der Waals surface area contributed by atoms with Crippen LogP contribution in [0.25, 0.3) is 0 Å². The van der Waals surface area contributed by atoms with Crippen LogP contribution in [0, 0.1) is 5.82 Å². The second-order valence-corrected chi connectivity index (χ2v) is 7.05. The van der Waals surface area contributed by atoms with E-state index in [1.165, 1.54) is 19.1 Å². The molecule has 0 aliphatic carbocycles. The first-order valence-corrected chi connectivity index (χ1v) is 7.73. The van der Waals surface area contributed by atoms with Crippen molar-refractivity contribution in [3.05, 3.63) is 71.5 Å². The summed E-state index contributed by atoms with van der Waals surface area (Å²) in [6, 6.07) is 13.4. The molecule has 2 aromatic carbocycles. The van der Waals surface area contributed by atoms with Crippen molar-refractivity contribution in [2.24, 2.45) is 0 Å². The third kappa shape index (κ3) is 2.89. The molecule has 2 rings (SSSR count). The molecule has 0 bridgehead atoms. The van der Waals surface area contributed by atoms with Crippen LogP contribution in [0.3, 0.4) is 0 Å². The quantitative estimate of drug-likeness (QED) is 0.943. The number of hydrogen-bond donors (Lipinski definition) is 1. The van der Waals surface area contributed by atoms with Crippen LogP contribution in [-0.2, 0) is 20.5 Å². The van der Waals surface area contributed by atoms with E-state index >= 15 is 0 Å². The largest absolute Gasteiger partial charge is 0.371 e. The van der Waals surface area contributed by atoms with Gasteiger partial charge in [-0.2, -0.15) is 0 Å². The minimum atomic E-state index is -3.85. The van der Waals surface area contributed by atoms with E-state index in [1.54, 1.807) is 30.3 Å². The third-order valence-corrected chi connectivity index (χ3v) is 5.35. The molecule has 1 atom stereocenters. The maximum atomic E-state index is 12.9. The van der Waals surface area contributed by atoms with E-state index in [1.807, 2.05) is 0 Å². The van der Waals surface area contributed by atoms with Crippen molar-refractivity contribution in [3.63, 3.8) is 0 Å². The Kier molecular flexibility index (Phi) is 3.92. The summed E-state index contributed by atoms with van der Waals surface area (Å²) in [7, 11) is -3.85. The maximum Gasteiger partial charge on any atom is 0.189 e. The van der Waals surface area contributed by atoms with Gasteiger partial charge in [0.05, 0.1) is 5.75 Å². The number of benzene rings is 2. The molecule has 0 spiro atoms. The SMILES string of the molecule is CC(O)(c1ccc(F)cc1)S(=O)(=O)Cc1ccccc1. The van der Waals surface area contributed by atoms with Gasteiger partial charge in [0.15, 0.2) is 14.8 Å². The highest BCUT2D eigenvalue weighted by molar-refractivity contribution is 7.91. The molecule has 2 aromatic rings. The average Bonchev–Trinajstić information content (AvgIpc) is 2.39. The van der Waals surface area contributed by atoms with E-state index in [0.29, 0.717) is 5.56 Å². The molecule has 0 aromatic heterocycles. The van der Waals surface area contributed by atoms with Gasteiger partial charge in [-0.15, -0.1) is 0 Å². The lowest BCUT2D eigenvalue weighted by Gasteiger charge is -2.24. The van der Waals surface area contributed by atoms with Gasteiger partial charge >= 0.3 is 0 Å². The highest BCUT2D eigenvalue weighted by Crippen LogP contribution is 2.30. The maximum absolute atomic E-state index is 12.9. The van der Waals surface area contributed by atoms with Crippen molar-refractivity contribution >= 4 is 9.84 Å². The zero-order valence-electron chi connectivity index (χ0n) is 11.0. The van der Waals surface area contributed by atoms with Gasteiger partial charge in [0.1, 0.15) is 5.82 Å². The van der Waals surface area contributed by atoms with Gasteiger partial charge < -0.3 is 5.11 Å². The van der Waals surface area contributed by atoms with Crippen molar-refractivity contribution in [2.45, 2.75) is 17.6 Å². The van der Waals surface area contributed by atoms with Crippen LogP contribution in [0.1, 0.15) is 18.1 Å². The Bertz CT molecular complexity index is 677. The molecule has 106 valence electrons. The smallest absolute Gasteiger partial charge is 0.189 e. The van der Waals surface area contributed by atoms with Gasteiger partial charge in [-0.1, -0.05) is 42.5 Å². The molecule has 0 amide bonds. The van der Waals surface area contributed by atoms with E-state index in [2.05, 4.69) is 0 Å². The highest BCUT2D eigenvalue weighted by Gasteiger charge is 2.38. The van der Waals surface area contributed by atoms with E-state index in [9.17, 15) is 17.9 Å². The van der Waals surface area contributed by atoms with E-state index in [0.717, 1.165) is 12.1 Å². The summed E-state index contributed by atoms with van der Waals surface area (Å²) in [5.41, 5.74) is 0.740. The molecule has 0 aliphatic rings. The van der Waals surface area contributed by atoms with Crippen LogP contribution >= 0.6 is 0 Å². The topological polar surface area (TPSA) is 54.4 Å². The van der Waals surface area contributed by atoms with E-state index in [4.69, 9.17) is 0 Å². The zero-order valence-corrected chi connectivity index (χ0v) is 11.8. The standard InChI is InChI=1S/C15H15FO3S/c1-15(17,13-7-9-14(16)10-8-13)20(18,19)11-12-5-3-2-4-6-12/h2-10,17H,11H2,1H3. The second-order valence-electron chi connectivity index (χ2n) is 4.73. The molecule has 1 unspecified atom stereocenters. The van der Waals surface area contributed by atoms with Crippen LogP contribution in [0.4, 0.5) is 4.39 Å². The molecule has 1 N–H and O–H groups in total. The summed E-state index contributed by atoms with van der Waals surface area (Å²) in [4.78, 5) is -2.06. The van der Waals surface area contributed by atoms with Crippen LogP contribution in [0.2, 0.25) is 0 Å². The predicted octanol–water partition coefficient (Wildman–Crippen LogP) is 2.61. The van der Waals surface area contributed by atoms with Gasteiger partial charge in [0.25, 0.3) is 0 Å². The second kappa shape index (κ2) is 5.34. The molecule has 0 saturated carbocycles. The number of aliphatic hydroxyl groups is 1. The summed E-state index contributed by atoms with van der Waals surface area (Å²) in [5, 5.41) is 10.4. The number of halogens is 1. The average molecular weight is 294 g/mol. The van der Waals surface area contributed by atoms with Gasteiger partial charge in [0, 0.05) is 0 Å². The normalized spacial score (nSPS) is 14.8. The first-order chi connectivity index (χ1) is 9.33. The lowest BCUT2D eigenvalue weighted by Crippen LogP contribution is -2.33. The lowest BCUT2D eigenvalue weighted by molar-refractivity contribution is 0.144. The van der Waals surface area contributed by atoms with Gasteiger partial charge in [-0.05, 0) is 30.2 Å². The summed E-state index contributed by atoms with van der Waals surface area (Å²) in [5.74, 6) is -0.761. The molecule has 0 fully saturated rings. The Morgan fingerprint density at radius 3 is 2.15 bits per heavy atom. The Labute approximate surface area is 117 Å². The molecule has 0 saturated heterocycles. The Morgan fingerprint density at radius 1 is 1.05 bits per heavy atom. The van der Waals surface area contributed by atoms with E-state index in [-0.39, 0.29) is 11.3 Å². The van der Waals surface area contributed by atoms with Crippen molar-refractivity contribution in [1.29, 1.82) is 0 Å². The fraction of sp³-hybridized carbons (Fsp3) is 0.200. The fourth-order valence-corrected chi connectivity index (χ4v) is 3.28. The Hall–Kier alpha value is -1.72. The van der Waals surface area contributed by atoms with Gasteiger partial charge in [-0.25, -0.2) is 12.8 Å². The minimum Gasteiger partial charge on any atom is -0.371 e. The van der Waals surface area contributed by atoms with Gasteiger partial charge in [0.2, 0.25) is 0 Å². The summed E-state index contributed by atoms with van der Waals surface area (Å²) in [6.45, 7) is 1.21. The predicted molar refractivity (Wildman–Crippen MR) is 75.0 cm³/mol. The van der Waals surface area contributed by atoms with Crippen LogP contribution in [0.5, 0.6) is 0 Å². The molecule has 0 heterocycles. The number of rotatable bonds is 4. The number of sulfone groups is 1. The minimum absolute atomic E-state index is 0.148.